The van der Waals surface area contributed by atoms with Crippen molar-refractivity contribution in [3.8, 4) is 28.0 Å². The second-order valence-electron chi connectivity index (χ2n) is 7.49. The maximum atomic E-state index is 12.4. The van der Waals surface area contributed by atoms with Crippen LogP contribution in [-0.2, 0) is 6.54 Å². The van der Waals surface area contributed by atoms with E-state index in [9.17, 15) is 4.79 Å². The van der Waals surface area contributed by atoms with E-state index in [0.717, 1.165) is 11.1 Å². The Morgan fingerprint density at radius 2 is 1.94 bits per heavy atom. The summed E-state index contributed by atoms with van der Waals surface area (Å²) >= 11 is 0. The largest absolute Gasteiger partial charge is 0.488 e. The lowest BCUT2D eigenvalue weighted by Gasteiger charge is -2.19. The molecule has 0 saturated heterocycles. The van der Waals surface area contributed by atoms with Crippen molar-refractivity contribution in [3.05, 3.63) is 79.0 Å². The molecule has 0 fully saturated rings. The fourth-order valence-electron chi connectivity index (χ4n) is 3.85. The molecule has 164 valence electrons. The molecule has 3 aromatic heterocycles. The summed E-state index contributed by atoms with van der Waals surface area (Å²) in [5.74, 6) is 0.123. The number of tetrazole rings is 1. The minimum absolute atomic E-state index is 0.212. The molecule has 10 nitrogen and oxygen atoms in total. The van der Waals surface area contributed by atoms with E-state index < -0.39 is 5.91 Å². The molecule has 1 amide bonds. The fraction of sp³-hybridized carbons (Fsp3) is 0.130. The Kier molecular flexibility index (Phi) is 5.23. The third-order valence-electron chi connectivity index (χ3n) is 5.22. The second kappa shape index (κ2) is 8.50. The van der Waals surface area contributed by atoms with Gasteiger partial charge >= 0.3 is 0 Å². The van der Waals surface area contributed by atoms with Crippen LogP contribution in [0.4, 0.5) is 0 Å². The number of nitrogens with two attached hydrogens (primary N) is 1. The minimum Gasteiger partial charge on any atom is -0.488 e. The van der Waals surface area contributed by atoms with Gasteiger partial charge in [-0.1, -0.05) is 30.3 Å². The molecule has 3 heterocycles. The average molecular weight is 440 g/mol. The Morgan fingerprint density at radius 1 is 1.09 bits per heavy atom. The number of ether oxygens (including phenoxy) is 1. The highest BCUT2D eigenvalue weighted by atomic mass is 16.5. The molecule has 0 bridgehead atoms. The highest BCUT2D eigenvalue weighted by Crippen LogP contribution is 2.40. The van der Waals surface area contributed by atoms with Gasteiger partial charge in [-0.15, -0.1) is 5.10 Å². The number of primary amides is 1. The van der Waals surface area contributed by atoms with Gasteiger partial charge in [0.2, 0.25) is 5.91 Å². The van der Waals surface area contributed by atoms with Crippen molar-refractivity contribution >= 4 is 11.6 Å². The van der Waals surface area contributed by atoms with Crippen molar-refractivity contribution in [2.24, 2.45) is 5.73 Å². The van der Waals surface area contributed by atoms with Crippen molar-refractivity contribution in [3.63, 3.8) is 0 Å². The van der Waals surface area contributed by atoms with E-state index in [1.54, 1.807) is 52.3 Å². The summed E-state index contributed by atoms with van der Waals surface area (Å²) in [7, 11) is 0. The lowest BCUT2D eigenvalue weighted by molar-refractivity contribution is 0.100. The Bertz CT molecular complexity index is 1430. The highest BCUT2D eigenvalue weighted by molar-refractivity contribution is 6.06. The van der Waals surface area contributed by atoms with Gasteiger partial charge in [-0.3, -0.25) is 4.79 Å². The monoisotopic (exact) mass is 440 g/mol. The van der Waals surface area contributed by atoms with Gasteiger partial charge < -0.3 is 10.5 Å². The molecule has 1 atom stereocenters. The summed E-state index contributed by atoms with van der Waals surface area (Å²) in [5, 5.41) is 15.6. The quantitative estimate of drug-likeness (QED) is 0.412. The van der Waals surface area contributed by atoms with Crippen LogP contribution < -0.4 is 10.5 Å². The zero-order chi connectivity index (χ0) is 22.8. The van der Waals surface area contributed by atoms with Crippen molar-refractivity contribution in [1.82, 2.24) is 34.8 Å². The Morgan fingerprint density at radius 3 is 2.76 bits per heavy atom. The molecule has 5 aromatic rings. The molecule has 10 heteroatoms. The number of nitrogens with zero attached hydrogens (tertiary/aromatic N) is 7. The molecule has 0 aliphatic rings. The minimum atomic E-state index is -0.535. The maximum absolute atomic E-state index is 12.4. The van der Waals surface area contributed by atoms with E-state index in [-0.39, 0.29) is 6.10 Å². The van der Waals surface area contributed by atoms with Crippen LogP contribution in [0.1, 0.15) is 17.3 Å². The predicted molar refractivity (Wildman–Crippen MR) is 120 cm³/mol. The molecule has 0 radical (unpaired) electrons. The van der Waals surface area contributed by atoms with Crippen LogP contribution >= 0.6 is 0 Å². The lowest BCUT2D eigenvalue weighted by atomic mass is 9.91. The zero-order valence-corrected chi connectivity index (χ0v) is 17.7. The van der Waals surface area contributed by atoms with Crippen LogP contribution in [-0.4, -0.2) is 46.8 Å². The number of benzene rings is 2. The van der Waals surface area contributed by atoms with E-state index >= 15 is 0 Å². The van der Waals surface area contributed by atoms with E-state index in [1.807, 2.05) is 37.3 Å². The predicted octanol–water partition coefficient (Wildman–Crippen LogP) is 2.62. The number of hydrogen-bond acceptors (Lipinski definition) is 7. The van der Waals surface area contributed by atoms with Crippen LogP contribution in [0, 0.1) is 0 Å². The lowest BCUT2D eigenvalue weighted by Crippen LogP contribution is -2.20. The molecule has 0 saturated carbocycles. The number of hydrogen-bond donors (Lipinski definition) is 1. The molecule has 33 heavy (non-hydrogen) atoms. The summed E-state index contributed by atoms with van der Waals surface area (Å²) < 4.78 is 9.53. The van der Waals surface area contributed by atoms with Gasteiger partial charge in [0.1, 0.15) is 18.2 Å². The van der Waals surface area contributed by atoms with Gasteiger partial charge in [0.05, 0.1) is 12.7 Å². The molecule has 0 spiro atoms. The number of carbonyl (C=O) groups is 1. The van der Waals surface area contributed by atoms with E-state index in [1.165, 1.54) is 0 Å². The van der Waals surface area contributed by atoms with Gasteiger partial charge in [0.25, 0.3) is 0 Å². The van der Waals surface area contributed by atoms with Crippen molar-refractivity contribution < 1.29 is 9.53 Å². The topological polar surface area (TPSA) is 126 Å². The van der Waals surface area contributed by atoms with E-state index in [2.05, 4.69) is 25.6 Å². The SMILES string of the molecule is C[C@@H](Cn1cnnn1)Oc1ccccc1-c1cccc(C(N)=O)c1-c1cnn2cccnc12. The first-order valence-electron chi connectivity index (χ1n) is 10.3. The first kappa shape index (κ1) is 20.3. The normalized spacial score (nSPS) is 12.0. The Labute approximate surface area is 188 Å². The summed E-state index contributed by atoms with van der Waals surface area (Å²) in [6, 6.07) is 14.9. The molecule has 0 aliphatic carbocycles. The van der Waals surface area contributed by atoms with Crippen LogP contribution in [0.25, 0.3) is 27.9 Å². The molecule has 0 aliphatic heterocycles. The summed E-state index contributed by atoms with van der Waals surface area (Å²) in [5.41, 5.74) is 9.73. The van der Waals surface area contributed by atoms with Gasteiger partial charge in [0, 0.05) is 34.6 Å². The standard InChI is InChI=1S/C23H20N8O2/c1-15(13-30-14-26-28-29-30)33-20-9-3-2-6-16(20)17-7-4-8-18(22(24)32)21(17)19-12-27-31-11-5-10-25-23(19)31/h2-12,14-15H,13H2,1H3,(H2,24,32)/t15-/m0/s1. The van der Waals surface area contributed by atoms with Crippen molar-refractivity contribution in [2.45, 2.75) is 19.6 Å². The number of aromatic nitrogens is 7. The average Bonchev–Trinajstić information content (AvgIpc) is 3.48. The van der Waals surface area contributed by atoms with Crippen LogP contribution in [0.15, 0.2) is 73.4 Å². The van der Waals surface area contributed by atoms with Gasteiger partial charge in [-0.25, -0.2) is 14.2 Å². The molecular weight excluding hydrogens is 420 g/mol. The summed E-state index contributed by atoms with van der Waals surface area (Å²) in [4.78, 5) is 16.9. The number of rotatable bonds is 7. The molecule has 2 aromatic carbocycles. The summed E-state index contributed by atoms with van der Waals surface area (Å²) in [6.45, 7) is 2.42. The number of carbonyl (C=O) groups excluding carboxylic acids is 1. The fourth-order valence-corrected chi connectivity index (χ4v) is 3.85. The molecular formula is C23H20N8O2. The maximum Gasteiger partial charge on any atom is 0.249 e. The van der Waals surface area contributed by atoms with Crippen LogP contribution in [0.2, 0.25) is 0 Å². The van der Waals surface area contributed by atoms with Gasteiger partial charge in [-0.05, 0) is 41.1 Å². The number of amides is 1. The molecule has 2 N–H and O–H groups in total. The Hall–Kier alpha value is -4.60. The zero-order valence-electron chi connectivity index (χ0n) is 17.7. The van der Waals surface area contributed by atoms with E-state index in [0.29, 0.717) is 34.6 Å². The summed E-state index contributed by atoms with van der Waals surface area (Å²) in [6.07, 6.45) is 6.51. The third-order valence-corrected chi connectivity index (χ3v) is 5.22. The Balaban J connectivity index is 1.64. The first-order chi connectivity index (χ1) is 16.1. The van der Waals surface area contributed by atoms with Crippen LogP contribution in [0.5, 0.6) is 5.75 Å². The molecule has 0 unspecified atom stereocenters. The van der Waals surface area contributed by atoms with Crippen molar-refractivity contribution in [1.29, 1.82) is 0 Å². The number of para-hydroxylation sites is 1. The first-order valence-corrected chi connectivity index (χ1v) is 10.3. The molecule has 5 rings (SSSR count). The van der Waals surface area contributed by atoms with Gasteiger partial charge in [0.15, 0.2) is 5.65 Å². The third kappa shape index (κ3) is 3.89. The van der Waals surface area contributed by atoms with E-state index in [4.69, 9.17) is 10.5 Å². The van der Waals surface area contributed by atoms with Crippen molar-refractivity contribution in [2.75, 3.05) is 0 Å². The smallest absolute Gasteiger partial charge is 0.249 e. The van der Waals surface area contributed by atoms with Gasteiger partial charge in [-0.2, -0.15) is 5.10 Å². The highest BCUT2D eigenvalue weighted by Gasteiger charge is 2.22. The van der Waals surface area contributed by atoms with Crippen LogP contribution in [0.3, 0.4) is 0 Å². The number of fused-ring (bicyclic) bond motifs is 1. The second-order valence-corrected chi connectivity index (χ2v) is 7.49.